The van der Waals surface area contributed by atoms with Crippen molar-refractivity contribution < 1.29 is 0 Å². The van der Waals surface area contributed by atoms with Gasteiger partial charge in [-0.2, -0.15) is 0 Å². The van der Waals surface area contributed by atoms with E-state index in [0.717, 1.165) is 12.1 Å². The van der Waals surface area contributed by atoms with Crippen molar-refractivity contribution in [3.63, 3.8) is 0 Å². The summed E-state index contributed by atoms with van der Waals surface area (Å²) in [6.07, 6.45) is 2.49. The Bertz CT molecular complexity index is 484. The zero-order valence-corrected chi connectivity index (χ0v) is 8.77. The Balaban J connectivity index is 2.14. The van der Waals surface area contributed by atoms with Gasteiger partial charge < -0.3 is 5.32 Å². The molecule has 1 saturated carbocycles. The van der Waals surface area contributed by atoms with E-state index in [9.17, 15) is 0 Å². The van der Waals surface area contributed by atoms with E-state index in [4.69, 9.17) is 0 Å². The van der Waals surface area contributed by atoms with Crippen LogP contribution in [0.4, 0.5) is 0 Å². The van der Waals surface area contributed by atoms with Crippen molar-refractivity contribution in [1.82, 2.24) is 20.3 Å². The summed E-state index contributed by atoms with van der Waals surface area (Å²) in [5, 5.41) is 11.7. The third-order valence-electron chi connectivity index (χ3n) is 2.85. The number of rotatable bonds is 3. The highest BCUT2D eigenvalue weighted by Gasteiger charge is 2.26. The highest BCUT2D eigenvalue weighted by Crippen LogP contribution is 2.36. The molecule has 0 saturated heterocycles. The predicted molar refractivity (Wildman–Crippen MR) is 58.6 cm³/mol. The Morgan fingerprint density at radius 2 is 2.33 bits per heavy atom. The van der Waals surface area contributed by atoms with Crippen molar-refractivity contribution in [2.45, 2.75) is 25.4 Å². The molecule has 2 aromatic rings. The number of hydrogen-bond acceptors (Lipinski definition) is 3. The lowest BCUT2D eigenvalue weighted by molar-refractivity contribution is 0.630. The summed E-state index contributed by atoms with van der Waals surface area (Å²) in [6, 6.07) is 6.88. The van der Waals surface area contributed by atoms with Crippen molar-refractivity contribution in [3.05, 3.63) is 23.8 Å². The molecule has 1 N–H and O–H groups in total. The van der Waals surface area contributed by atoms with E-state index in [1.165, 1.54) is 23.9 Å². The highest BCUT2D eigenvalue weighted by atomic mass is 15.4. The quantitative estimate of drug-likeness (QED) is 0.820. The van der Waals surface area contributed by atoms with Crippen molar-refractivity contribution >= 4 is 11.0 Å². The molecule has 1 aromatic carbocycles. The van der Waals surface area contributed by atoms with Gasteiger partial charge in [-0.3, -0.25) is 0 Å². The Labute approximate surface area is 88.3 Å². The van der Waals surface area contributed by atoms with Gasteiger partial charge >= 0.3 is 0 Å². The predicted octanol–water partition coefficient (Wildman–Crippen LogP) is 1.49. The first-order valence-electron chi connectivity index (χ1n) is 5.37. The molecule has 0 spiro atoms. The summed E-state index contributed by atoms with van der Waals surface area (Å²) in [6.45, 7) is 0.848. The normalized spacial score (nSPS) is 16.1. The second-order valence-electron chi connectivity index (χ2n) is 4.08. The van der Waals surface area contributed by atoms with Crippen LogP contribution in [0.5, 0.6) is 0 Å². The molecular formula is C11H14N4. The van der Waals surface area contributed by atoms with Gasteiger partial charge in [-0.05, 0) is 31.5 Å². The van der Waals surface area contributed by atoms with Gasteiger partial charge in [0.15, 0.2) is 0 Å². The molecule has 15 heavy (non-hydrogen) atoms. The highest BCUT2D eigenvalue weighted by molar-refractivity contribution is 5.78. The third-order valence-corrected chi connectivity index (χ3v) is 2.85. The van der Waals surface area contributed by atoms with E-state index in [1.807, 2.05) is 7.05 Å². The van der Waals surface area contributed by atoms with Crippen LogP contribution in [0.25, 0.3) is 11.0 Å². The maximum atomic E-state index is 4.27. The summed E-state index contributed by atoms with van der Waals surface area (Å²) in [4.78, 5) is 0. The van der Waals surface area contributed by atoms with E-state index in [0.29, 0.717) is 6.04 Å². The SMILES string of the molecule is CNCc1cccc2c1nnn2C1CC1. The standard InChI is InChI=1S/C11H14N4/c1-12-7-8-3-2-4-10-11(8)13-14-15(10)9-5-6-9/h2-4,9,12H,5-7H2,1H3. The van der Waals surface area contributed by atoms with Gasteiger partial charge in [-0.15, -0.1) is 5.10 Å². The van der Waals surface area contributed by atoms with Crippen LogP contribution in [0.2, 0.25) is 0 Å². The lowest BCUT2D eigenvalue weighted by Crippen LogP contribution is -2.05. The van der Waals surface area contributed by atoms with Gasteiger partial charge in [0.1, 0.15) is 5.52 Å². The first-order valence-corrected chi connectivity index (χ1v) is 5.37. The Kier molecular flexibility index (Phi) is 1.95. The molecule has 4 nitrogen and oxygen atoms in total. The molecule has 1 aliphatic rings. The number of nitrogens with one attached hydrogen (secondary N) is 1. The van der Waals surface area contributed by atoms with Gasteiger partial charge in [-0.1, -0.05) is 17.3 Å². The fourth-order valence-electron chi connectivity index (χ4n) is 1.94. The van der Waals surface area contributed by atoms with Crippen LogP contribution in [0, 0.1) is 0 Å². The van der Waals surface area contributed by atoms with Crippen LogP contribution < -0.4 is 5.32 Å². The minimum absolute atomic E-state index is 0.597. The van der Waals surface area contributed by atoms with Crippen LogP contribution in [0.1, 0.15) is 24.4 Å². The van der Waals surface area contributed by atoms with Crippen molar-refractivity contribution in [2.24, 2.45) is 0 Å². The lowest BCUT2D eigenvalue weighted by Gasteiger charge is -2.01. The molecule has 78 valence electrons. The lowest BCUT2D eigenvalue weighted by atomic mass is 10.2. The molecule has 0 aliphatic heterocycles. The van der Waals surface area contributed by atoms with Crippen LogP contribution in [-0.2, 0) is 6.54 Å². The van der Waals surface area contributed by atoms with Crippen LogP contribution >= 0.6 is 0 Å². The van der Waals surface area contributed by atoms with Gasteiger partial charge in [-0.25, -0.2) is 4.68 Å². The molecule has 1 fully saturated rings. The molecule has 0 bridgehead atoms. The Morgan fingerprint density at radius 3 is 3.07 bits per heavy atom. The van der Waals surface area contributed by atoms with E-state index < -0.39 is 0 Å². The Hall–Kier alpha value is -1.42. The fourth-order valence-corrected chi connectivity index (χ4v) is 1.94. The number of benzene rings is 1. The second kappa shape index (κ2) is 3.31. The number of fused-ring (bicyclic) bond motifs is 1. The van der Waals surface area contributed by atoms with E-state index in [1.54, 1.807) is 0 Å². The minimum Gasteiger partial charge on any atom is -0.316 e. The summed E-state index contributed by atoms with van der Waals surface area (Å²) >= 11 is 0. The van der Waals surface area contributed by atoms with Crippen LogP contribution in [-0.4, -0.2) is 22.0 Å². The summed E-state index contributed by atoms with van der Waals surface area (Å²) < 4.78 is 2.06. The van der Waals surface area contributed by atoms with Gasteiger partial charge in [0, 0.05) is 6.54 Å². The number of hydrogen-bond donors (Lipinski definition) is 1. The molecule has 0 radical (unpaired) electrons. The molecule has 1 aliphatic carbocycles. The van der Waals surface area contributed by atoms with E-state index in [-0.39, 0.29) is 0 Å². The largest absolute Gasteiger partial charge is 0.316 e. The van der Waals surface area contributed by atoms with E-state index in [2.05, 4.69) is 38.5 Å². The summed E-state index contributed by atoms with van der Waals surface area (Å²) in [5.74, 6) is 0. The second-order valence-corrected chi connectivity index (χ2v) is 4.08. The fraction of sp³-hybridized carbons (Fsp3) is 0.455. The van der Waals surface area contributed by atoms with Crippen LogP contribution in [0.15, 0.2) is 18.2 Å². The maximum Gasteiger partial charge on any atom is 0.117 e. The summed E-state index contributed by atoms with van der Waals surface area (Å²) in [5.41, 5.74) is 3.44. The van der Waals surface area contributed by atoms with Gasteiger partial charge in [0.2, 0.25) is 0 Å². The molecule has 3 rings (SSSR count). The molecule has 0 amide bonds. The topological polar surface area (TPSA) is 42.7 Å². The maximum absolute atomic E-state index is 4.27. The average molecular weight is 202 g/mol. The smallest absolute Gasteiger partial charge is 0.117 e. The molecule has 1 heterocycles. The first-order chi connectivity index (χ1) is 7.40. The monoisotopic (exact) mass is 202 g/mol. The van der Waals surface area contributed by atoms with Crippen LogP contribution in [0.3, 0.4) is 0 Å². The number of aromatic nitrogens is 3. The average Bonchev–Trinajstić information content (AvgIpc) is 3.00. The molecule has 0 atom stereocenters. The molecular weight excluding hydrogens is 188 g/mol. The van der Waals surface area contributed by atoms with E-state index >= 15 is 0 Å². The van der Waals surface area contributed by atoms with Crippen molar-refractivity contribution in [3.8, 4) is 0 Å². The first kappa shape index (κ1) is 8.85. The zero-order chi connectivity index (χ0) is 10.3. The molecule has 0 unspecified atom stereocenters. The van der Waals surface area contributed by atoms with Crippen molar-refractivity contribution in [2.75, 3.05) is 7.05 Å². The minimum atomic E-state index is 0.597. The Morgan fingerprint density at radius 1 is 1.47 bits per heavy atom. The van der Waals surface area contributed by atoms with Gasteiger partial charge in [0.25, 0.3) is 0 Å². The number of nitrogens with zero attached hydrogens (tertiary/aromatic N) is 3. The summed E-state index contributed by atoms with van der Waals surface area (Å²) in [7, 11) is 1.95. The molecule has 4 heteroatoms. The van der Waals surface area contributed by atoms with Gasteiger partial charge in [0.05, 0.1) is 11.6 Å². The zero-order valence-electron chi connectivity index (χ0n) is 8.77. The van der Waals surface area contributed by atoms with Crippen molar-refractivity contribution in [1.29, 1.82) is 0 Å². The molecule has 1 aromatic heterocycles. The third kappa shape index (κ3) is 1.41.